The first-order valence-electron chi connectivity index (χ1n) is 5.43. The maximum absolute atomic E-state index is 12.0. The summed E-state index contributed by atoms with van der Waals surface area (Å²) in [4.78, 5) is 21.8. The van der Waals surface area contributed by atoms with Crippen molar-refractivity contribution in [1.29, 1.82) is 0 Å². The van der Waals surface area contributed by atoms with E-state index in [4.69, 9.17) is 5.11 Å². The Balaban J connectivity index is 2.12. The van der Waals surface area contributed by atoms with Gasteiger partial charge in [-0.1, -0.05) is 0 Å². The molecular formula is C11H15N3O2. The molecule has 0 bridgehead atoms. The lowest BCUT2D eigenvalue weighted by Crippen LogP contribution is -2.36. The zero-order valence-electron chi connectivity index (χ0n) is 9.26. The third-order valence-electron chi connectivity index (χ3n) is 2.59. The van der Waals surface area contributed by atoms with Crippen LogP contribution in [0.2, 0.25) is 0 Å². The molecule has 5 heteroatoms. The lowest BCUT2D eigenvalue weighted by atomic mass is 10.3. The van der Waals surface area contributed by atoms with Crippen LogP contribution in [0.5, 0.6) is 0 Å². The van der Waals surface area contributed by atoms with Gasteiger partial charge >= 0.3 is 0 Å². The fourth-order valence-corrected chi connectivity index (χ4v) is 1.59. The Labute approximate surface area is 94.1 Å². The summed E-state index contributed by atoms with van der Waals surface area (Å²) in [6, 6.07) is 0.280. The maximum atomic E-state index is 12.0. The summed E-state index contributed by atoms with van der Waals surface area (Å²) in [5.41, 5.74) is 1.14. The number of nitrogens with zero attached hydrogens (tertiary/aromatic N) is 3. The molecule has 0 unspecified atom stereocenters. The van der Waals surface area contributed by atoms with E-state index >= 15 is 0 Å². The van der Waals surface area contributed by atoms with Gasteiger partial charge in [-0.15, -0.1) is 0 Å². The van der Waals surface area contributed by atoms with Crippen molar-refractivity contribution in [1.82, 2.24) is 14.9 Å². The third-order valence-corrected chi connectivity index (χ3v) is 2.59. The van der Waals surface area contributed by atoms with E-state index in [0.29, 0.717) is 12.2 Å². The first-order valence-corrected chi connectivity index (χ1v) is 5.43. The predicted octanol–water partition coefficient (Wildman–Crippen LogP) is 0.382. The number of aliphatic hydroxyl groups is 1. The fourth-order valence-electron chi connectivity index (χ4n) is 1.59. The van der Waals surface area contributed by atoms with Gasteiger partial charge in [-0.2, -0.15) is 0 Å². The molecule has 1 heterocycles. The second-order valence-corrected chi connectivity index (χ2v) is 4.00. The number of carbonyl (C=O) groups is 1. The minimum Gasteiger partial charge on any atom is -0.395 e. The number of aryl methyl sites for hydroxylation is 1. The Bertz CT molecular complexity index is 373. The summed E-state index contributed by atoms with van der Waals surface area (Å²) in [7, 11) is 0. The number of hydrogen-bond donors (Lipinski definition) is 1. The zero-order valence-corrected chi connectivity index (χ0v) is 9.26. The number of hydrogen-bond acceptors (Lipinski definition) is 4. The number of aromatic nitrogens is 2. The third kappa shape index (κ3) is 2.36. The molecule has 2 rings (SSSR count). The molecule has 1 aliphatic carbocycles. The van der Waals surface area contributed by atoms with Crippen LogP contribution in [0, 0.1) is 6.92 Å². The van der Waals surface area contributed by atoms with Crippen molar-refractivity contribution in [3.05, 3.63) is 23.8 Å². The van der Waals surface area contributed by atoms with Crippen LogP contribution in [0.25, 0.3) is 0 Å². The molecule has 0 aromatic carbocycles. The van der Waals surface area contributed by atoms with Gasteiger partial charge in [0.15, 0.2) is 0 Å². The van der Waals surface area contributed by atoms with Crippen LogP contribution in [0.15, 0.2) is 12.4 Å². The molecule has 0 radical (unpaired) electrons. The summed E-state index contributed by atoms with van der Waals surface area (Å²) >= 11 is 0. The van der Waals surface area contributed by atoms with Crippen LogP contribution in [0.3, 0.4) is 0 Å². The number of aliphatic hydroxyl groups excluding tert-OH is 1. The van der Waals surface area contributed by atoms with Crippen LogP contribution in [0.4, 0.5) is 0 Å². The smallest absolute Gasteiger partial charge is 0.274 e. The lowest BCUT2D eigenvalue weighted by molar-refractivity contribution is 0.0701. The van der Waals surface area contributed by atoms with Gasteiger partial charge in [-0.3, -0.25) is 9.78 Å². The molecule has 16 heavy (non-hydrogen) atoms. The van der Waals surface area contributed by atoms with Gasteiger partial charge in [0.1, 0.15) is 5.69 Å². The first kappa shape index (κ1) is 11.0. The van der Waals surface area contributed by atoms with Gasteiger partial charge in [-0.05, 0) is 19.8 Å². The van der Waals surface area contributed by atoms with E-state index in [9.17, 15) is 4.79 Å². The molecule has 86 valence electrons. The van der Waals surface area contributed by atoms with Crippen LogP contribution < -0.4 is 0 Å². The number of carbonyl (C=O) groups excluding carboxylic acids is 1. The SMILES string of the molecule is Cc1cnc(C(=O)N(CCO)C2CC2)cn1. The van der Waals surface area contributed by atoms with Gasteiger partial charge in [0, 0.05) is 18.8 Å². The molecule has 1 aromatic heterocycles. The van der Waals surface area contributed by atoms with Crippen LogP contribution in [-0.2, 0) is 0 Å². The molecule has 0 aliphatic heterocycles. The van der Waals surface area contributed by atoms with Crippen molar-refractivity contribution in [2.24, 2.45) is 0 Å². The molecule has 1 aromatic rings. The topological polar surface area (TPSA) is 66.3 Å². The molecule has 5 nitrogen and oxygen atoms in total. The van der Waals surface area contributed by atoms with Crippen LogP contribution in [-0.4, -0.2) is 45.1 Å². The summed E-state index contributed by atoms with van der Waals surface area (Å²) < 4.78 is 0. The van der Waals surface area contributed by atoms with E-state index < -0.39 is 0 Å². The average molecular weight is 221 g/mol. The van der Waals surface area contributed by atoms with Crippen LogP contribution in [0.1, 0.15) is 29.0 Å². The van der Waals surface area contributed by atoms with E-state index in [1.54, 1.807) is 11.1 Å². The second-order valence-electron chi connectivity index (χ2n) is 4.00. The monoisotopic (exact) mass is 221 g/mol. The lowest BCUT2D eigenvalue weighted by Gasteiger charge is -2.20. The molecule has 0 atom stereocenters. The molecule has 0 spiro atoms. The van der Waals surface area contributed by atoms with Gasteiger partial charge in [0.25, 0.3) is 5.91 Å². The van der Waals surface area contributed by atoms with E-state index in [-0.39, 0.29) is 18.6 Å². The maximum Gasteiger partial charge on any atom is 0.274 e. The van der Waals surface area contributed by atoms with Crippen molar-refractivity contribution >= 4 is 5.91 Å². The van der Waals surface area contributed by atoms with E-state index in [1.165, 1.54) is 6.20 Å². The Kier molecular flexibility index (Phi) is 3.14. The van der Waals surface area contributed by atoms with Crippen molar-refractivity contribution in [2.75, 3.05) is 13.2 Å². The minimum atomic E-state index is -0.135. The highest BCUT2D eigenvalue weighted by molar-refractivity contribution is 5.92. The number of rotatable bonds is 4. The van der Waals surface area contributed by atoms with Gasteiger partial charge in [-0.25, -0.2) is 4.98 Å². The molecule has 1 N–H and O–H groups in total. The zero-order chi connectivity index (χ0) is 11.5. The summed E-state index contributed by atoms with van der Waals surface area (Å²) in [5.74, 6) is -0.135. The van der Waals surface area contributed by atoms with Crippen molar-refractivity contribution in [3.63, 3.8) is 0 Å². The fraction of sp³-hybridized carbons (Fsp3) is 0.545. The van der Waals surface area contributed by atoms with Crippen molar-refractivity contribution < 1.29 is 9.90 Å². The normalized spacial score (nSPS) is 14.9. The van der Waals surface area contributed by atoms with Crippen LogP contribution >= 0.6 is 0 Å². The predicted molar refractivity (Wildman–Crippen MR) is 57.9 cm³/mol. The van der Waals surface area contributed by atoms with Gasteiger partial charge in [0.05, 0.1) is 18.5 Å². The van der Waals surface area contributed by atoms with Gasteiger partial charge < -0.3 is 10.0 Å². The molecule has 1 amide bonds. The van der Waals surface area contributed by atoms with Crippen molar-refractivity contribution in [2.45, 2.75) is 25.8 Å². The van der Waals surface area contributed by atoms with E-state index in [2.05, 4.69) is 9.97 Å². The average Bonchev–Trinajstić information content (AvgIpc) is 3.10. The Morgan fingerprint density at radius 3 is 2.75 bits per heavy atom. The Morgan fingerprint density at radius 2 is 2.25 bits per heavy atom. The van der Waals surface area contributed by atoms with E-state index in [0.717, 1.165) is 18.5 Å². The number of amides is 1. The molecule has 1 fully saturated rings. The van der Waals surface area contributed by atoms with Crippen molar-refractivity contribution in [3.8, 4) is 0 Å². The minimum absolute atomic E-state index is 0.0124. The van der Waals surface area contributed by atoms with E-state index in [1.807, 2.05) is 6.92 Å². The highest BCUT2D eigenvalue weighted by Gasteiger charge is 2.33. The second kappa shape index (κ2) is 4.57. The molecule has 0 saturated heterocycles. The standard InChI is InChI=1S/C11H15N3O2/c1-8-6-13-10(7-12-8)11(16)14(4-5-15)9-2-3-9/h6-7,9,15H,2-5H2,1H3. The molecular weight excluding hydrogens is 206 g/mol. The summed E-state index contributed by atoms with van der Waals surface area (Å²) in [5, 5.41) is 8.92. The largest absolute Gasteiger partial charge is 0.395 e. The Hall–Kier alpha value is -1.49. The Morgan fingerprint density at radius 1 is 1.50 bits per heavy atom. The van der Waals surface area contributed by atoms with Gasteiger partial charge in [0.2, 0.25) is 0 Å². The summed E-state index contributed by atoms with van der Waals surface area (Å²) in [6.07, 6.45) is 5.11. The highest BCUT2D eigenvalue weighted by Crippen LogP contribution is 2.27. The molecule has 1 saturated carbocycles. The molecule has 1 aliphatic rings. The quantitative estimate of drug-likeness (QED) is 0.798. The summed E-state index contributed by atoms with van der Waals surface area (Å²) in [6.45, 7) is 2.19. The first-order chi connectivity index (χ1) is 7.72. The highest BCUT2D eigenvalue weighted by atomic mass is 16.3.